The van der Waals surface area contributed by atoms with E-state index in [4.69, 9.17) is 10.4 Å². The van der Waals surface area contributed by atoms with E-state index in [0.29, 0.717) is 6.42 Å². The first-order valence-electron chi connectivity index (χ1n) is 3.58. The van der Waals surface area contributed by atoms with E-state index in [0.717, 1.165) is 10.4 Å². The third-order valence-corrected chi connectivity index (χ3v) is 2.29. The summed E-state index contributed by atoms with van der Waals surface area (Å²) < 4.78 is 0. The molecule has 0 amide bonds. The Kier molecular flexibility index (Phi) is 3.52. The maximum atomic E-state index is 8.76. The van der Waals surface area contributed by atoms with Crippen molar-refractivity contribution in [1.82, 2.24) is 0 Å². The Morgan fingerprint density at radius 3 is 3.08 bits per heavy atom. The molecule has 0 aliphatic rings. The lowest BCUT2D eigenvalue weighted by atomic mass is 10.2. The summed E-state index contributed by atoms with van der Waals surface area (Å²) in [6, 6.07) is 3.94. The normalized spacial score (nSPS) is 10.3. The van der Waals surface area contributed by atoms with Gasteiger partial charge in [-0.3, -0.25) is 0 Å². The minimum Gasteiger partial charge on any atom is -0.391 e. The van der Waals surface area contributed by atoms with Gasteiger partial charge in [-0.25, -0.2) is 0 Å². The molecule has 2 nitrogen and oxygen atoms in total. The van der Waals surface area contributed by atoms with Gasteiger partial charge in [0.15, 0.2) is 0 Å². The molecule has 1 aromatic heterocycles. The highest BCUT2D eigenvalue weighted by molar-refractivity contribution is 7.10. The minimum atomic E-state index is 0.0940. The number of allylic oxidation sites excluding steroid dienone is 1. The second-order valence-corrected chi connectivity index (χ2v) is 3.26. The molecular formula is C9H9NOS. The summed E-state index contributed by atoms with van der Waals surface area (Å²) in [4.78, 5) is 0.951. The lowest BCUT2D eigenvalue weighted by Crippen LogP contribution is -1.71. The molecular weight excluding hydrogens is 170 g/mol. The zero-order chi connectivity index (χ0) is 8.81. The van der Waals surface area contributed by atoms with Crippen molar-refractivity contribution >= 4 is 17.4 Å². The molecule has 0 radical (unpaired) electrons. The van der Waals surface area contributed by atoms with Crippen LogP contribution in [0.2, 0.25) is 0 Å². The van der Waals surface area contributed by atoms with Crippen LogP contribution in [-0.2, 0) is 6.61 Å². The first-order valence-corrected chi connectivity index (χ1v) is 4.46. The fourth-order valence-corrected chi connectivity index (χ4v) is 1.53. The SMILES string of the molecule is N#CCC=Cc1csc(CO)c1. The molecule has 0 saturated carbocycles. The van der Waals surface area contributed by atoms with Gasteiger partial charge in [-0.15, -0.1) is 11.3 Å². The van der Waals surface area contributed by atoms with Gasteiger partial charge in [0.2, 0.25) is 0 Å². The largest absolute Gasteiger partial charge is 0.391 e. The van der Waals surface area contributed by atoms with Gasteiger partial charge in [-0.05, 0) is 17.0 Å². The van der Waals surface area contributed by atoms with Gasteiger partial charge in [0.05, 0.1) is 19.1 Å². The molecule has 0 aliphatic heterocycles. The van der Waals surface area contributed by atoms with Crippen LogP contribution in [0.4, 0.5) is 0 Å². The summed E-state index contributed by atoms with van der Waals surface area (Å²) in [5, 5.41) is 19.0. The Balaban J connectivity index is 2.59. The van der Waals surface area contributed by atoms with Crippen molar-refractivity contribution in [2.45, 2.75) is 13.0 Å². The molecule has 1 aromatic rings. The molecule has 0 bridgehead atoms. The van der Waals surface area contributed by atoms with Crippen molar-refractivity contribution < 1.29 is 5.11 Å². The van der Waals surface area contributed by atoms with Crippen LogP contribution >= 0.6 is 11.3 Å². The molecule has 0 atom stereocenters. The molecule has 0 aliphatic carbocycles. The third-order valence-electron chi connectivity index (χ3n) is 1.35. The summed E-state index contributed by atoms with van der Waals surface area (Å²) >= 11 is 1.52. The van der Waals surface area contributed by atoms with Gasteiger partial charge in [-0.2, -0.15) is 5.26 Å². The molecule has 0 unspecified atom stereocenters. The van der Waals surface area contributed by atoms with Crippen LogP contribution in [-0.4, -0.2) is 5.11 Å². The van der Waals surface area contributed by atoms with E-state index in [9.17, 15) is 0 Å². The Morgan fingerprint density at radius 2 is 2.50 bits per heavy atom. The predicted octanol–water partition coefficient (Wildman–Crippen LogP) is 2.17. The molecule has 0 aromatic carbocycles. The van der Waals surface area contributed by atoms with E-state index >= 15 is 0 Å². The zero-order valence-electron chi connectivity index (χ0n) is 6.53. The van der Waals surface area contributed by atoms with Crippen LogP contribution in [0, 0.1) is 11.3 Å². The maximum Gasteiger partial charge on any atom is 0.0774 e. The van der Waals surface area contributed by atoms with E-state index in [1.54, 1.807) is 0 Å². The molecule has 62 valence electrons. The molecule has 1 N–H and O–H groups in total. The second kappa shape index (κ2) is 4.70. The lowest BCUT2D eigenvalue weighted by Gasteiger charge is -1.82. The topological polar surface area (TPSA) is 44.0 Å². The number of rotatable bonds is 3. The Labute approximate surface area is 75.4 Å². The van der Waals surface area contributed by atoms with Crippen molar-refractivity contribution in [3.8, 4) is 6.07 Å². The smallest absolute Gasteiger partial charge is 0.0774 e. The van der Waals surface area contributed by atoms with Gasteiger partial charge >= 0.3 is 0 Å². The third kappa shape index (κ3) is 2.50. The van der Waals surface area contributed by atoms with E-state index in [2.05, 4.69) is 0 Å². The maximum absolute atomic E-state index is 8.76. The Bertz CT molecular complexity index is 309. The second-order valence-electron chi connectivity index (χ2n) is 2.27. The monoisotopic (exact) mass is 179 g/mol. The summed E-state index contributed by atoms with van der Waals surface area (Å²) in [5.74, 6) is 0. The molecule has 12 heavy (non-hydrogen) atoms. The summed E-state index contributed by atoms with van der Waals surface area (Å²) in [7, 11) is 0. The first kappa shape index (κ1) is 8.98. The summed E-state index contributed by atoms with van der Waals surface area (Å²) in [6.45, 7) is 0.0940. The van der Waals surface area contributed by atoms with E-state index in [1.165, 1.54) is 11.3 Å². The number of thiophene rings is 1. The fraction of sp³-hybridized carbons (Fsp3) is 0.222. The average molecular weight is 179 g/mol. The van der Waals surface area contributed by atoms with Crippen molar-refractivity contribution in [3.05, 3.63) is 28.0 Å². The van der Waals surface area contributed by atoms with Crippen molar-refractivity contribution in [1.29, 1.82) is 5.26 Å². The number of nitrogens with zero attached hydrogens (tertiary/aromatic N) is 1. The van der Waals surface area contributed by atoms with Gasteiger partial charge in [0, 0.05) is 4.88 Å². The highest BCUT2D eigenvalue weighted by Crippen LogP contribution is 2.15. The van der Waals surface area contributed by atoms with Gasteiger partial charge in [-0.1, -0.05) is 12.2 Å². The van der Waals surface area contributed by atoms with Crippen LogP contribution in [0.3, 0.4) is 0 Å². The highest BCUT2D eigenvalue weighted by Gasteiger charge is 1.93. The molecule has 0 fully saturated rings. The number of hydrogen-bond acceptors (Lipinski definition) is 3. The van der Waals surface area contributed by atoms with Gasteiger partial charge in [0.25, 0.3) is 0 Å². The van der Waals surface area contributed by atoms with Crippen LogP contribution in [0.15, 0.2) is 17.5 Å². The standard InChI is InChI=1S/C9H9NOS/c10-4-2-1-3-8-5-9(6-11)12-7-8/h1,3,5,7,11H,2,6H2. The van der Waals surface area contributed by atoms with Crippen molar-refractivity contribution in [3.63, 3.8) is 0 Å². The fourth-order valence-electron chi connectivity index (χ4n) is 0.816. The van der Waals surface area contributed by atoms with Crippen LogP contribution < -0.4 is 0 Å². The van der Waals surface area contributed by atoms with Crippen LogP contribution in [0.5, 0.6) is 0 Å². The predicted molar refractivity (Wildman–Crippen MR) is 49.5 cm³/mol. The van der Waals surface area contributed by atoms with Crippen LogP contribution in [0.1, 0.15) is 16.9 Å². The summed E-state index contributed by atoms with van der Waals surface area (Å²) in [6.07, 6.45) is 4.13. The Hall–Kier alpha value is -1.11. The lowest BCUT2D eigenvalue weighted by molar-refractivity contribution is 0.285. The van der Waals surface area contributed by atoms with Gasteiger partial charge in [0.1, 0.15) is 0 Å². The van der Waals surface area contributed by atoms with Gasteiger partial charge < -0.3 is 5.11 Å². The highest BCUT2D eigenvalue weighted by atomic mass is 32.1. The molecule has 1 rings (SSSR count). The minimum absolute atomic E-state index is 0.0940. The zero-order valence-corrected chi connectivity index (χ0v) is 7.34. The Morgan fingerprint density at radius 1 is 1.67 bits per heavy atom. The van der Waals surface area contributed by atoms with Crippen LogP contribution in [0.25, 0.3) is 6.08 Å². The molecule has 0 spiro atoms. The van der Waals surface area contributed by atoms with E-state index in [1.807, 2.05) is 29.7 Å². The summed E-state index contributed by atoms with van der Waals surface area (Å²) in [5.41, 5.74) is 1.05. The van der Waals surface area contributed by atoms with E-state index in [-0.39, 0.29) is 6.61 Å². The quantitative estimate of drug-likeness (QED) is 0.772. The number of nitriles is 1. The van der Waals surface area contributed by atoms with Crippen molar-refractivity contribution in [2.24, 2.45) is 0 Å². The number of aliphatic hydroxyl groups is 1. The van der Waals surface area contributed by atoms with E-state index < -0.39 is 0 Å². The van der Waals surface area contributed by atoms with Crippen molar-refractivity contribution in [2.75, 3.05) is 0 Å². The average Bonchev–Trinajstić information content (AvgIpc) is 2.53. The first-order chi connectivity index (χ1) is 5.86. The molecule has 0 saturated heterocycles. The molecule has 1 heterocycles. The molecule has 3 heteroatoms. The number of aliphatic hydroxyl groups excluding tert-OH is 1. The number of hydrogen-bond donors (Lipinski definition) is 1.